The smallest absolute Gasteiger partial charge is 0.328 e. The van der Waals surface area contributed by atoms with Gasteiger partial charge in [-0.05, 0) is 31.1 Å². The maximum absolute atomic E-state index is 11.4. The van der Waals surface area contributed by atoms with E-state index in [9.17, 15) is 9.59 Å². The lowest BCUT2D eigenvalue weighted by atomic mass is 9.80. The zero-order valence-corrected chi connectivity index (χ0v) is 9.77. The second-order valence-electron chi connectivity index (χ2n) is 4.68. The fourth-order valence-corrected chi connectivity index (χ4v) is 2.26. The largest absolute Gasteiger partial charge is 0.478 e. The number of aliphatic carboxylic acids is 1. The zero-order chi connectivity index (χ0) is 12.1. The summed E-state index contributed by atoms with van der Waals surface area (Å²) in [7, 11) is 0. The summed E-state index contributed by atoms with van der Waals surface area (Å²) in [6, 6.07) is 0.183. The molecule has 1 rings (SSSR count). The molecule has 0 aromatic carbocycles. The highest BCUT2D eigenvalue weighted by Crippen LogP contribution is 2.28. The van der Waals surface area contributed by atoms with Crippen LogP contribution in [0.25, 0.3) is 0 Å². The van der Waals surface area contributed by atoms with Crippen LogP contribution in [0.1, 0.15) is 33.1 Å². The van der Waals surface area contributed by atoms with Gasteiger partial charge in [0.05, 0.1) is 0 Å². The quantitative estimate of drug-likeness (QED) is 0.716. The molecule has 0 spiro atoms. The van der Waals surface area contributed by atoms with E-state index in [0.717, 1.165) is 37.3 Å². The molecule has 0 radical (unpaired) electrons. The van der Waals surface area contributed by atoms with Crippen molar-refractivity contribution in [3.05, 3.63) is 12.2 Å². The van der Waals surface area contributed by atoms with Crippen LogP contribution in [0.4, 0.5) is 0 Å². The van der Waals surface area contributed by atoms with Gasteiger partial charge in [-0.25, -0.2) is 4.79 Å². The summed E-state index contributed by atoms with van der Waals surface area (Å²) in [5.41, 5.74) is 0. The molecule has 1 aliphatic rings. The van der Waals surface area contributed by atoms with E-state index in [1.807, 2.05) is 0 Å². The van der Waals surface area contributed by atoms with E-state index in [-0.39, 0.29) is 11.9 Å². The summed E-state index contributed by atoms with van der Waals surface area (Å²) in [6.07, 6.45) is 5.17. The van der Waals surface area contributed by atoms with Crippen molar-refractivity contribution in [1.82, 2.24) is 5.32 Å². The molecule has 1 saturated carbocycles. The Morgan fingerprint density at radius 2 is 1.94 bits per heavy atom. The van der Waals surface area contributed by atoms with Crippen LogP contribution in [0.3, 0.4) is 0 Å². The molecule has 2 N–H and O–H groups in total. The van der Waals surface area contributed by atoms with Gasteiger partial charge in [0.2, 0.25) is 5.91 Å². The third-order valence-corrected chi connectivity index (χ3v) is 3.14. The predicted octanol–water partition coefficient (Wildman–Crippen LogP) is 1.57. The van der Waals surface area contributed by atoms with E-state index >= 15 is 0 Å². The first-order valence-corrected chi connectivity index (χ1v) is 5.70. The number of amides is 1. The number of hydrogen-bond donors (Lipinski definition) is 2. The molecule has 0 heterocycles. The van der Waals surface area contributed by atoms with Crippen molar-refractivity contribution in [2.24, 2.45) is 11.8 Å². The number of carbonyl (C=O) groups is 2. The van der Waals surface area contributed by atoms with Crippen LogP contribution in [0.15, 0.2) is 12.2 Å². The third kappa shape index (κ3) is 4.04. The SMILES string of the molecule is CC1CCC(NC(=O)C=CC(=O)O)C(C)C1. The molecule has 0 aromatic rings. The van der Waals surface area contributed by atoms with Gasteiger partial charge in [-0.15, -0.1) is 0 Å². The monoisotopic (exact) mass is 225 g/mol. The van der Waals surface area contributed by atoms with Gasteiger partial charge in [0.15, 0.2) is 0 Å². The Bertz CT molecular complexity index is 299. The van der Waals surface area contributed by atoms with Gasteiger partial charge < -0.3 is 10.4 Å². The Labute approximate surface area is 95.7 Å². The molecule has 4 nitrogen and oxygen atoms in total. The predicted molar refractivity (Wildman–Crippen MR) is 60.9 cm³/mol. The normalized spacial score (nSPS) is 30.2. The molecule has 3 unspecified atom stereocenters. The topological polar surface area (TPSA) is 66.4 Å². The zero-order valence-electron chi connectivity index (χ0n) is 9.77. The highest BCUT2D eigenvalue weighted by atomic mass is 16.4. The van der Waals surface area contributed by atoms with Crippen molar-refractivity contribution in [3.8, 4) is 0 Å². The number of carboxylic acids is 1. The molecule has 0 saturated heterocycles. The second kappa shape index (κ2) is 5.68. The Morgan fingerprint density at radius 1 is 1.25 bits per heavy atom. The maximum Gasteiger partial charge on any atom is 0.328 e. The number of carbonyl (C=O) groups excluding carboxylic acids is 1. The number of nitrogens with one attached hydrogen (secondary N) is 1. The molecule has 1 amide bonds. The van der Waals surface area contributed by atoms with Crippen LogP contribution < -0.4 is 5.32 Å². The second-order valence-corrected chi connectivity index (χ2v) is 4.68. The van der Waals surface area contributed by atoms with Crippen molar-refractivity contribution in [2.75, 3.05) is 0 Å². The average molecular weight is 225 g/mol. The van der Waals surface area contributed by atoms with E-state index in [4.69, 9.17) is 5.11 Å². The number of carboxylic acid groups (broad SMARTS) is 1. The molecule has 1 fully saturated rings. The van der Waals surface area contributed by atoms with Gasteiger partial charge in [0.1, 0.15) is 0 Å². The molecule has 3 atom stereocenters. The fraction of sp³-hybridized carbons (Fsp3) is 0.667. The van der Waals surface area contributed by atoms with Crippen LogP contribution in [-0.2, 0) is 9.59 Å². The van der Waals surface area contributed by atoms with Gasteiger partial charge in [0.25, 0.3) is 0 Å². The van der Waals surface area contributed by atoms with E-state index in [1.54, 1.807) is 0 Å². The van der Waals surface area contributed by atoms with Crippen LogP contribution in [0.5, 0.6) is 0 Å². The summed E-state index contributed by atoms with van der Waals surface area (Å²) in [4.78, 5) is 21.6. The first-order chi connectivity index (χ1) is 7.49. The Kier molecular flexibility index (Phi) is 4.52. The first-order valence-electron chi connectivity index (χ1n) is 5.70. The van der Waals surface area contributed by atoms with E-state index < -0.39 is 5.97 Å². The first kappa shape index (κ1) is 12.7. The molecule has 0 aliphatic heterocycles. The summed E-state index contributed by atoms with van der Waals surface area (Å²) in [5.74, 6) is -0.224. The standard InChI is InChI=1S/C12H19NO3/c1-8-3-4-10(9(2)7-8)13-11(14)5-6-12(15)16/h5-6,8-10H,3-4,7H2,1-2H3,(H,13,14)(H,15,16). The fourth-order valence-electron chi connectivity index (χ4n) is 2.26. The van der Waals surface area contributed by atoms with Gasteiger partial charge in [-0.2, -0.15) is 0 Å². The van der Waals surface area contributed by atoms with Gasteiger partial charge in [0, 0.05) is 18.2 Å². The van der Waals surface area contributed by atoms with Crippen LogP contribution in [0, 0.1) is 11.8 Å². The lowest BCUT2D eigenvalue weighted by Gasteiger charge is -2.32. The van der Waals surface area contributed by atoms with Crippen molar-refractivity contribution < 1.29 is 14.7 Å². The highest BCUT2D eigenvalue weighted by Gasteiger charge is 2.25. The van der Waals surface area contributed by atoms with E-state index in [1.165, 1.54) is 0 Å². The number of hydrogen-bond acceptors (Lipinski definition) is 2. The third-order valence-electron chi connectivity index (χ3n) is 3.14. The summed E-state index contributed by atoms with van der Waals surface area (Å²) < 4.78 is 0. The molecule has 16 heavy (non-hydrogen) atoms. The Hall–Kier alpha value is -1.32. The van der Waals surface area contributed by atoms with Crippen molar-refractivity contribution in [2.45, 2.75) is 39.2 Å². The summed E-state index contributed by atoms with van der Waals surface area (Å²) >= 11 is 0. The van der Waals surface area contributed by atoms with E-state index in [2.05, 4.69) is 19.2 Å². The lowest BCUT2D eigenvalue weighted by Crippen LogP contribution is -2.41. The lowest BCUT2D eigenvalue weighted by molar-refractivity contribution is -0.131. The molecule has 90 valence electrons. The molecule has 0 aromatic heterocycles. The van der Waals surface area contributed by atoms with Crippen LogP contribution >= 0.6 is 0 Å². The maximum atomic E-state index is 11.4. The Morgan fingerprint density at radius 3 is 2.50 bits per heavy atom. The van der Waals surface area contributed by atoms with Gasteiger partial charge in [-0.1, -0.05) is 13.8 Å². The number of rotatable bonds is 3. The summed E-state index contributed by atoms with van der Waals surface area (Å²) in [5, 5.41) is 11.2. The van der Waals surface area contributed by atoms with Crippen molar-refractivity contribution in [1.29, 1.82) is 0 Å². The highest BCUT2D eigenvalue weighted by molar-refractivity contribution is 5.94. The van der Waals surface area contributed by atoms with Crippen molar-refractivity contribution >= 4 is 11.9 Å². The molecular formula is C12H19NO3. The summed E-state index contributed by atoms with van der Waals surface area (Å²) in [6.45, 7) is 4.35. The van der Waals surface area contributed by atoms with E-state index in [0.29, 0.717) is 5.92 Å². The minimum Gasteiger partial charge on any atom is -0.478 e. The van der Waals surface area contributed by atoms with Crippen molar-refractivity contribution in [3.63, 3.8) is 0 Å². The Balaban J connectivity index is 2.42. The average Bonchev–Trinajstić information content (AvgIpc) is 2.19. The molecule has 1 aliphatic carbocycles. The minimum absolute atomic E-state index is 0.183. The molecular weight excluding hydrogens is 206 g/mol. The molecule has 0 bridgehead atoms. The van der Waals surface area contributed by atoms with Crippen LogP contribution in [0.2, 0.25) is 0 Å². The minimum atomic E-state index is -1.10. The van der Waals surface area contributed by atoms with Gasteiger partial charge >= 0.3 is 5.97 Å². The van der Waals surface area contributed by atoms with Gasteiger partial charge in [-0.3, -0.25) is 4.79 Å². The van der Waals surface area contributed by atoms with Crippen LogP contribution in [-0.4, -0.2) is 23.0 Å². The molecule has 4 heteroatoms.